The van der Waals surface area contributed by atoms with Crippen LogP contribution in [0.1, 0.15) is 0 Å². The molecule has 0 saturated heterocycles. The van der Waals surface area contributed by atoms with Gasteiger partial charge in [-0.2, -0.15) is 0 Å². The molecule has 4 nitrogen and oxygen atoms in total. The fourth-order valence-electron chi connectivity index (χ4n) is 1.46. The van der Waals surface area contributed by atoms with Crippen molar-refractivity contribution in [3.63, 3.8) is 0 Å². The number of hydrogen-bond donors (Lipinski definition) is 0. The van der Waals surface area contributed by atoms with Crippen molar-refractivity contribution in [2.24, 2.45) is 0 Å². The summed E-state index contributed by atoms with van der Waals surface area (Å²) >= 11 is 0. The average molecular weight is 302 g/mol. The van der Waals surface area contributed by atoms with Crippen LogP contribution in [0, 0.1) is 12.8 Å². The SMILES string of the molecule is C#C.COc1cccc(OC)c1.COc1cccc(OC)c1. The lowest BCUT2D eigenvalue weighted by atomic mass is 10.3. The Morgan fingerprint density at radius 3 is 0.955 bits per heavy atom. The molecule has 2 aromatic rings. The van der Waals surface area contributed by atoms with E-state index in [0.717, 1.165) is 23.0 Å². The van der Waals surface area contributed by atoms with Crippen molar-refractivity contribution in [2.75, 3.05) is 28.4 Å². The van der Waals surface area contributed by atoms with Crippen molar-refractivity contribution in [1.29, 1.82) is 0 Å². The quantitative estimate of drug-likeness (QED) is 0.808. The predicted molar refractivity (Wildman–Crippen MR) is 89.0 cm³/mol. The third-order valence-electron chi connectivity index (χ3n) is 2.55. The minimum absolute atomic E-state index is 0.819. The average Bonchev–Trinajstić information content (AvgIpc) is 2.63. The zero-order valence-corrected chi connectivity index (χ0v) is 13.4. The van der Waals surface area contributed by atoms with Gasteiger partial charge in [-0.3, -0.25) is 0 Å². The maximum absolute atomic E-state index is 4.98. The molecule has 0 N–H and O–H groups in total. The van der Waals surface area contributed by atoms with Crippen LogP contribution in [-0.4, -0.2) is 28.4 Å². The summed E-state index contributed by atoms with van der Waals surface area (Å²) in [6.45, 7) is 0. The summed E-state index contributed by atoms with van der Waals surface area (Å²) in [5.74, 6) is 3.28. The minimum Gasteiger partial charge on any atom is -0.497 e. The first kappa shape index (κ1) is 19.2. The molecule has 0 radical (unpaired) electrons. The van der Waals surface area contributed by atoms with Gasteiger partial charge in [0.15, 0.2) is 0 Å². The number of ether oxygens (including phenoxy) is 4. The van der Waals surface area contributed by atoms with Crippen LogP contribution < -0.4 is 18.9 Å². The van der Waals surface area contributed by atoms with Gasteiger partial charge in [-0.15, -0.1) is 12.8 Å². The molecule has 22 heavy (non-hydrogen) atoms. The topological polar surface area (TPSA) is 36.9 Å². The zero-order valence-electron chi connectivity index (χ0n) is 13.4. The molecule has 118 valence electrons. The van der Waals surface area contributed by atoms with Crippen LogP contribution in [0.15, 0.2) is 48.5 Å². The summed E-state index contributed by atoms with van der Waals surface area (Å²) in [5, 5.41) is 0. The van der Waals surface area contributed by atoms with Crippen LogP contribution in [0.25, 0.3) is 0 Å². The highest BCUT2D eigenvalue weighted by atomic mass is 16.5. The fourth-order valence-corrected chi connectivity index (χ4v) is 1.46. The molecule has 0 aliphatic carbocycles. The van der Waals surface area contributed by atoms with Gasteiger partial charge < -0.3 is 18.9 Å². The molecule has 0 spiro atoms. The Morgan fingerprint density at radius 2 is 0.773 bits per heavy atom. The van der Waals surface area contributed by atoms with E-state index in [0.29, 0.717) is 0 Å². The Kier molecular flexibility index (Phi) is 10.5. The van der Waals surface area contributed by atoms with Gasteiger partial charge in [0.25, 0.3) is 0 Å². The van der Waals surface area contributed by atoms with E-state index in [9.17, 15) is 0 Å². The highest BCUT2D eigenvalue weighted by molar-refractivity contribution is 5.33. The van der Waals surface area contributed by atoms with Crippen molar-refractivity contribution in [3.8, 4) is 35.8 Å². The molecule has 0 aliphatic heterocycles. The van der Waals surface area contributed by atoms with E-state index in [1.165, 1.54) is 0 Å². The van der Waals surface area contributed by atoms with Gasteiger partial charge in [0.05, 0.1) is 28.4 Å². The number of rotatable bonds is 4. The van der Waals surface area contributed by atoms with Crippen LogP contribution >= 0.6 is 0 Å². The first-order valence-electron chi connectivity index (χ1n) is 6.43. The van der Waals surface area contributed by atoms with Crippen LogP contribution in [0.4, 0.5) is 0 Å². The molecule has 0 aromatic heterocycles. The Morgan fingerprint density at radius 1 is 0.545 bits per heavy atom. The van der Waals surface area contributed by atoms with Gasteiger partial charge >= 0.3 is 0 Å². The van der Waals surface area contributed by atoms with E-state index >= 15 is 0 Å². The summed E-state index contributed by atoms with van der Waals surface area (Å²) in [6, 6.07) is 14.9. The molecule has 0 atom stereocenters. The lowest BCUT2D eigenvalue weighted by Gasteiger charge is -2.01. The molecule has 0 amide bonds. The Labute approximate surface area is 132 Å². The molecular formula is C18H22O4. The summed E-state index contributed by atoms with van der Waals surface area (Å²) in [5.41, 5.74) is 0. The van der Waals surface area contributed by atoms with Gasteiger partial charge in [-0.25, -0.2) is 0 Å². The first-order valence-corrected chi connectivity index (χ1v) is 6.43. The number of hydrogen-bond acceptors (Lipinski definition) is 4. The summed E-state index contributed by atoms with van der Waals surface area (Å²) < 4.78 is 19.9. The second kappa shape index (κ2) is 12.0. The van der Waals surface area contributed by atoms with Gasteiger partial charge in [-0.05, 0) is 24.3 Å². The Balaban J connectivity index is 0.000000360. The van der Waals surface area contributed by atoms with Crippen molar-refractivity contribution in [1.82, 2.24) is 0 Å². The number of methoxy groups -OCH3 is 4. The standard InChI is InChI=1S/2C8H10O2.C2H2/c2*1-9-7-4-3-5-8(6-7)10-2;1-2/h2*3-6H,1-2H3;1-2H. The van der Waals surface area contributed by atoms with Crippen LogP contribution in [0.3, 0.4) is 0 Å². The normalized spacial score (nSPS) is 8.27. The summed E-state index contributed by atoms with van der Waals surface area (Å²) in [6.07, 6.45) is 8.00. The van der Waals surface area contributed by atoms with Gasteiger partial charge in [0, 0.05) is 12.1 Å². The monoisotopic (exact) mass is 302 g/mol. The van der Waals surface area contributed by atoms with Crippen molar-refractivity contribution in [3.05, 3.63) is 48.5 Å². The van der Waals surface area contributed by atoms with Crippen LogP contribution in [0.5, 0.6) is 23.0 Å². The van der Waals surface area contributed by atoms with Crippen molar-refractivity contribution >= 4 is 0 Å². The second-order valence-corrected chi connectivity index (χ2v) is 3.77. The molecule has 0 unspecified atom stereocenters. The predicted octanol–water partition coefficient (Wildman–Crippen LogP) is 3.66. The third-order valence-corrected chi connectivity index (χ3v) is 2.55. The minimum atomic E-state index is 0.819. The molecule has 0 bridgehead atoms. The van der Waals surface area contributed by atoms with E-state index in [2.05, 4.69) is 12.8 Å². The highest BCUT2D eigenvalue weighted by Gasteiger charge is 1.92. The Hall–Kier alpha value is -2.80. The molecule has 4 heteroatoms. The lowest BCUT2D eigenvalue weighted by Crippen LogP contribution is -1.84. The smallest absolute Gasteiger partial charge is 0.122 e. The maximum atomic E-state index is 4.98. The first-order chi connectivity index (χ1) is 10.7. The summed E-state index contributed by atoms with van der Waals surface area (Å²) in [4.78, 5) is 0. The van der Waals surface area contributed by atoms with E-state index in [1.807, 2.05) is 48.5 Å². The van der Waals surface area contributed by atoms with Crippen molar-refractivity contribution in [2.45, 2.75) is 0 Å². The van der Waals surface area contributed by atoms with Gasteiger partial charge in [0.1, 0.15) is 23.0 Å². The molecule has 0 fully saturated rings. The van der Waals surface area contributed by atoms with Crippen molar-refractivity contribution < 1.29 is 18.9 Å². The number of terminal acetylenes is 1. The third kappa shape index (κ3) is 7.11. The fraction of sp³-hybridized carbons (Fsp3) is 0.222. The van der Waals surface area contributed by atoms with Gasteiger partial charge in [-0.1, -0.05) is 12.1 Å². The van der Waals surface area contributed by atoms with Gasteiger partial charge in [0.2, 0.25) is 0 Å². The molecule has 0 heterocycles. The van der Waals surface area contributed by atoms with E-state index < -0.39 is 0 Å². The molecule has 2 rings (SSSR count). The van der Waals surface area contributed by atoms with E-state index in [4.69, 9.17) is 18.9 Å². The number of benzene rings is 2. The second-order valence-electron chi connectivity index (χ2n) is 3.77. The van der Waals surface area contributed by atoms with E-state index in [1.54, 1.807) is 28.4 Å². The molecular weight excluding hydrogens is 280 g/mol. The molecule has 2 aromatic carbocycles. The molecule has 0 aliphatic rings. The largest absolute Gasteiger partial charge is 0.497 e. The highest BCUT2D eigenvalue weighted by Crippen LogP contribution is 2.18. The summed E-state index contributed by atoms with van der Waals surface area (Å²) in [7, 11) is 6.53. The molecule has 0 saturated carbocycles. The van der Waals surface area contributed by atoms with E-state index in [-0.39, 0.29) is 0 Å². The maximum Gasteiger partial charge on any atom is 0.122 e. The lowest BCUT2D eigenvalue weighted by molar-refractivity contribution is 0.394. The van der Waals surface area contributed by atoms with Crippen LogP contribution in [0.2, 0.25) is 0 Å². The zero-order chi connectivity index (χ0) is 16.8. The van der Waals surface area contributed by atoms with Crippen LogP contribution in [-0.2, 0) is 0 Å². The Bertz CT molecular complexity index is 464.